The predicted molar refractivity (Wildman–Crippen MR) is 145 cm³/mol. The summed E-state index contributed by atoms with van der Waals surface area (Å²) < 4.78 is 11.0. The van der Waals surface area contributed by atoms with Crippen LogP contribution < -0.4 is 10.1 Å². The lowest BCUT2D eigenvalue weighted by Gasteiger charge is -2.25. The summed E-state index contributed by atoms with van der Waals surface area (Å²) in [6.07, 6.45) is 1.92. The quantitative estimate of drug-likeness (QED) is 0.325. The number of nitrogens with zero attached hydrogens (tertiary/aromatic N) is 2. The molecule has 0 radical (unpaired) electrons. The highest BCUT2D eigenvalue weighted by atomic mass is 16.5. The maximum atomic E-state index is 13.0. The molecule has 0 aliphatic carbocycles. The number of ether oxygens (including phenoxy) is 1. The van der Waals surface area contributed by atoms with E-state index in [2.05, 4.69) is 33.0 Å². The van der Waals surface area contributed by atoms with Gasteiger partial charge in [0.05, 0.1) is 7.11 Å². The summed E-state index contributed by atoms with van der Waals surface area (Å²) in [7, 11) is 3.37. The molecule has 0 aliphatic rings. The fraction of sp³-hybridized carbons (Fsp3) is 0.448. The van der Waals surface area contributed by atoms with E-state index in [1.165, 1.54) is 0 Å². The normalized spacial score (nSPS) is 11.2. The van der Waals surface area contributed by atoms with Gasteiger partial charge in [-0.3, -0.25) is 4.79 Å². The molecule has 7 nitrogen and oxygen atoms in total. The molecule has 1 aromatic heterocycles. The number of furan rings is 1. The van der Waals surface area contributed by atoms with Gasteiger partial charge in [0.1, 0.15) is 11.3 Å². The highest BCUT2D eigenvalue weighted by Crippen LogP contribution is 2.25. The number of carbonyl (C=O) groups is 2. The summed E-state index contributed by atoms with van der Waals surface area (Å²) in [5, 5.41) is 3.79. The smallest absolute Gasteiger partial charge is 0.321 e. The average Bonchev–Trinajstić information content (AvgIpc) is 3.27. The van der Waals surface area contributed by atoms with Crippen molar-refractivity contribution in [1.82, 2.24) is 9.80 Å². The Labute approximate surface area is 214 Å². The van der Waals surface area contributed by atoms with Crippen LogP contribution in [-0.2, 0) is 6.54 Å². The van der Waals surface area contributed by atoms with Crippen LogP contribution in [0.1, 0.15) is 56.7 Å². The van der Waals surface area contributed by atoms with Crippen molar-refractivity contribution in [2.75, 3.05) is 32.6 Å². The molecule has 7 heteroatoms. The second kappa shape index (κ2) is 12.5. The first-order valence-corrected chi connectivity index (χ1v) is 12.6. The van der Waals surface area contributed by atoms with E-state index < -0.39 is 0 Å². The minimum Gasteiger partial charge on any atom is -0.497 e. The fourth-order valence-electron chi connectivity index (χ4n) is 3.84. The van der Waals surface area contributed by atoms with E-state index in [4.69, 9.17) is 9.15 Å². The third-order valence-electron chi connectivity index (χ3n) is 6.14. The first-order chi connectivity index (χ1) is 17.2. The molecule has 0 atom stereocenters. The summed E-state index contributed by atoms with van der Waals surface area (Å²) in [5.41, 5.74) is 2.27. The molecule has 0 unspecified atom stereocenters. The van der Waals surface area contributed by atoms with Crippen LogP contribution in [0.3, 0.4) is 0 Å². The Morgan fingerprint density at radius 1 is 0.944 bits per heavy atom. The number of urea groups is 1. The standard InChI is InChI=1S/C29H39N3O4/c1-20(2)13-15-32(16-14-21(3)4)29(34)30-24-9-12-26-23(17-24)18-27(36-26)28(33)31(5)19-22-7-10-25(35-6)11-8-22/h7-12,17-18,20-21H,13-16,19H2,1-6H3,(H,30,34). The number of carbonyl (C=O) groups excluding carboxylic acids is 2. The highest BCUT2D eigenvalue weighted by Gasteiger charge is 2.19. The Balaban J connectivity index is 1.68. The van der Waals surface area contributed by atoms with Gasteiger partial charge in [-0.05, 0) is 66.6 Å². The first-order valence-electron chi connectivity index (χ1n) is 12.6. The van der Waals surface area contributed by atoms with Gasteiger partial charge < -0.3 is 24.3 Å². The van der Waals surface area contributed by atoms with Crippen molar-refractivity contribution in [2.45, 2.75) is 47.1 Å². The van der Waals surface area contributed by atoms with Gasteiger partial charge in [0.15, 0.2) is 5.76 Å². The Morgan fingerprint density at radius 3 is 2.17 bits per heavy atom. The van der Waals surface area contributed by atoms with Gasteiger partial charge in [-0.25, -0.2) is 4.79 Å². The zero-order valence-corrected chi connectivity index (χ0v) is 22.3. The molecular formula is C29H39N3O4. The van der Waals surface area contributed by atoms with Crippen LogP contribution in [0.5, 0.6) is 5.75 Å². The molecule has 0 aliphatic heterocycles. The minimum atomic E-state index is -0.207. The molecule has 1 N–H and O–H groups in total. The van der Waals surface area contributed by atoms with E-state index in [0.29, 0.717) is 29.7 Å². The maximum absolute atomic E-state index is 13.0. The predicted octanol–water partition coefficient (Wildman–Crippen LogP) is 6.64. The molecule has 0 bridgehead atoms. The number of hydrogen-bond donors (Lipinski definition) is 1. The monoisotopic (exact) mass is 493 g/mol. The topological polar surface area (TPSA) is 75.0 Å². The third kappa shape index (κ3) is 7.51. The van der Waals surface area contributed by atoms with E-state index in [9.17, 15) is 9.59 Å². The molecule has 0 saturated heterocycles. The lowest BCUT2D eigenvalue weighted by Crippen LogP contribution is -2.37. The summed E-state index contributed by atoms with van der Waals surface area (Å²) in [6.45, 7) is 10.6. The van der Waals surface area contributed by atoms with E-state index in [1.807, 2.05) is 41.3 Å². The molecule has 1 heterocycles. The summed E-state index contributed by atoms with van der Waals surface area (Å²) in [4.78, 5) is 29.5. The molecule has 3 aromatic rings. The molecule has 3 amide bonds. The zero-order chi connectivity index (χ0) is 26.2. The number of methoxy groups -OCH3 is 1. The summed E-state index contributed by atoms with van der Waals surface area (Å²) in [6, 6.07) is 14.7. The fourth-order valence-corrected chi connectivity index (χ4v) is 3.84. The second-order valence-electron chi connectivity index (χ2n) is 10.2. The maximum Gasteiger partial charge on any atom is 0.321 e. The zero-order valence-electron chi connectivity index (χ0n) is 22.3. The lowest BCUT2D eigenvalue weighted by atomic mass is 10.1. The van der Waals surface area contributed by atoms with Crippen molar-refractivity contribution >= 4 is 28.6 Å². The van der Waals surface area contributed by atoms with Crippen molar-refractivity contribution < 1.29 is 18.7 Å². The third-order valence-corrected chi connectivity index (χ3v) is 6.14. The van der Waals surface area contributed by atoms with Crippen LogP contribution in [0.2, 0.25) is 0 Å². The van der Waals surface area contributed by atoms with Gasteiger partial charge in [0, 0.05) is 37.8 Å². The Kier molecular flexibility index (Phi) is 9.39. The number of fused-ring (bicyclic) bond motifs is 1. The lowest BCUT2D eigenvalue weighted by molar-refractivity contribution is 0.0756. The Bertz CT molecular complexity index is 1140. The molecule has 0 spiro atoms. The molecular weight excluding hydrogens is 454 g/mol. The van der Waals surface area contributed by atoms with Crippen molar-refractivity contribution in [3.8, 4) is 5.75 Å². The number of benzene rings is 2. The van der Waals surface area contributed by atoms with Gasteiger partial charge in [0.2, 0.25) is 0 Å². The van der Waals surface area contributed by atoms with E-state index in [0.717, 1.165) is 42.6 Å². The number of nitrogens with one attached hydrogen (secondary N) is 1. The molecule has 36 heavy (non-hydrogen) atoms. The van der Waals surface area contributed by atoms with Crippen LogP contribution in [0.4, 0.5) is 10.5 Å². The Morgan fingerprint density at radius 2 is 1.58 bits per heavy atom. The number of rotatable bonds is 11. The average molecular weight is 494 g/mol. The molecule has 3 rings (SSSR count). The molecule has 2 aromatic carbocycles. The van der Waals surface area contributed by atoms with Gasteiger partial charge in [0.25, 0.3) is 5.91 Å². The van der Waals surface area contributed by atoms with Crippen LogP contribution in [0.15, 0.2) is 52.9 Å². The second-order valence-corrected chi connectivity index (χ2v) is 10.2. The van der Waals surface area contributed by atoms with E-state index in [1.54, 1.807) is 31.2 Å². The summed E-state index contributed by atoms with van der Waals surface area (Å²) >= 11 is 0. The molecule has 194 valence electrons. The van der Waals surface area contributed by atoms with Gasteiger partial charge in [-0.1, -0.05) is 39.8 Å². The minimum absolute atomic E-state index is 0.102. The van der Waals surface area contributed by atoms with Crippen molar-refractivity contribution in [1.29, 1.82) is 0 Å². The molecule has 0 fully saturated rings. The number of anilines is 1. The van der Waals surface area contributed by atoms with Crippen LogP contribution >= 0.6 is 0 Å². The van der Waals surface area contributed by atoms with E-state index >= 15 is 0 Å². The van der Waals surface area contributed by atoms with Gasteiger partial charge in [-0.15, -0.1) is 0 Å². The van der Waals surface area contributed by atoms with Crippen molar-refractivity contribution in [3.63, 3.8) is 0 Å². The molecule has 0 saturated carbocycles. The van der Waals surface area contributed by atoms with Crippen molar-refractivity contribution in [2.24, 2.45) is 11.8 Å². The van der Waals surface area contributed by atoms with Gasteiger partial charge in [-0.2, -0.15) is 0 Å². The van der Waals surface area contributed by atoms with Crippen LogP contribution in [-0.4, -0.2) is 49.0 Å². The van der Waals surface area contributed by atoms with Crippen LogP contribution in [0, 0.1) is 11.8 Å². The van der Waals surface area contributed by atoms with Crippen LogP contribution in [0.25, 0.3) is 11.0 Å². The first kappa shape index (κ1) is 27.1. The van der Waals surface area contributed by atoms with Crippen molar-refractivity contribution in [3.05, 3.63) is 59.9 Å². The van der Waals surface area contributed by atoms with Gasteiger partial charge >= 0.3 is 6.03 Å². The highest BCUT2D eigenvalue weighted by molar-refractivity contribution is 5.98. The number of hydrogen-bond acceptors (Lipinski definition) is 4. The summed E-state index contributed by atoms with van der Waals surface area (Å²) in [5.74, 6) is 1.89. The van der Waals surface area contributed by atoms with E-state index in [-0.39, 0.29) is 17.7 Å². The number of amides is 3. The largest absolute Gasteiger partial charge is 0.497 e. The SMILES string of the molecule is COc1ccc(CN(C)C(=O)c2cc3cc(NC(=O)N(CCC(C)C)CCC(C)C)ccc3o2)cc1. The Hall–Kier alpha value is -3.48.